The van der Waals surface area contributed by atoms with Crippen molar-refractivity contribution in [3.8, 4) is 5.75 Å². The second-order valence-electron chi connectivity index (χ2n) is 6.63. The molecule has 1 aliphatic rings. The molecule has 2 rings (SSSR count). The third kappa shape index (κ3) is 5.23. The van der Waals surface area contributed by atoms with E-state index in [1.807, 2.05) is 0 Å². The second kappa shape index (κ2) is 7.34. The molecule has 0 unspecified atom stereocenters. The maximum Gasteiger partial charge on any atom is 0.237 e. The number of methoxy groups -OCH3 is 1. The zero-order valence-electron chi connectivity index (χ0n) is 14.0. The van der Waals surface area contributed by atoms with Gasteiger partial charge in [0.2, 0.25) is 5.91 Å². The first-order valence-electron chi connectivity index (χ1n) is 7.90. The Morgan fingerprint density at radius 3 is 2.52 bits per heavy atom. The van der Waals surface area contributed by atoms with Gasteiger partial charge in [0.25, 0.3) is 0 Å². The van der Waals surface area contributed by atoms with Gasteiger partial charge in [-0.1, -0.05) is 26.0 Å². The predicted octanol–water partition coefficient (Wildman–Crippen LogP) is 2.11. The highest BCUT2D eigenvalue weighted by Crippen LogP contribution is 2.21. The largest absolute Gasteiger partial charge is 0.497 e. The third-order valence-corrected chi connectivity index (χ3v) is 5.55. The number of likely N-dealkylation sites (tertiary alicyclic amines) is 1. The second-order valence-corrected chi connectivity index (χ2v) is 8.69. The molecular weight excluding hydrogens is 314 g/mol. The molecule has 0 aromatic heterocycles. The molecular formula is C17H25NO4S. The van der Waals surface area contributed by atoms with E-state index in [0.29, 0.717) is 36.2 Å². The summed E-state index contributed by atoms with van der Waals surface area (Å²) in [6, 6.07) is 6.93. The molecule has 1 heterocycles. The van der Waals surface area contributed by atoms with Crippen LogP contribution in [0, 0.1) is 11.8 Å². The van der Waals surface area contributed by atoms with E-state index in [4.69, 9.17) is 4.74 Å². The lowest BCUT2D eigenvalue weighted by atomic mass is 9.92. The summed E-state index contributed by atoms with van der Waals surface area (Å²) in [7, 11) is -1.95. The van der Waals surface area contributed by atoms with Gasteiger partial charge >= 0.3 is 0 Å². The molecule has 1 aromatic carbocycles. The topological polar surface area (TPSA) is 63.7 Å². The first kappa shape index (κ1) is 17.8. The number of carbonyl (C=O) groups excluding carboxylic acids is 1. The van der Waals surface area contributed by atoms with Crippen LogP contribution in [0.15, 0.2) is 24.3 Å². The number of piperidine rings is 1. The summed E-state index contributed by atoms with van der Waals surface area (Å²) in [6.45, 7) is 5.50. The highest BCUT2D eigenvalue weighted by atomic mass is 32.2. The van der Waals surface area contributed by atoms with Crippen LogP contribution in [0.25, 0.3) is 0 Å². The Bertz CT molecular complexity index is 646. The zero-order valence-corrected chi connectivity index (χ0v) is 14.8. The normalized spacial score (nSPS) is 22.0. The molecule has 0 spiro atoms. The van der Waals surface area contributed by atoms with Crippen LogP contribution in [0.4, 0.5) is 0 Å². The Morgan fingerprint density at radius 1 is 1.26 bits per heavy atom. The van der Waals surface area contributed by atoms with Crippen molar-refractivity contribution in [1.82, 2.24) is 4.90 Å². The Balaban J connectivity index is 2.01. The van der Waals surface area contributed by atoms with Gasteiger partial charge in [-0.05, 0) is 36.0 Å². The summed E-state index contributed by atoms with van der Waals surface area (Å²) in [6.07, 6.45) is 1.08. The molecule has 1 fully saturated rings. The lowest BCUT2D eigenvalue weighted by Crippen LogP contribution is -2.45. The van der Waals surface area contributed by atoms with E-state index in [1.165, 1.54) is 7.11 Å². The van der Waals surface area contributed by atoms with Crippen LogP contribution >= 0.6 is 0 Å². The Morgan fingerprint density at radius 2 is 1.91 bits per heavy atom. The number of rotatable bonds is 5. The average molecular weight is 339 g/mol. The lowest BCUT2D eigenvalue weighted by Gasteiger charge is -2.35. The van der Waals surface area contributed by atoms with E-state index in [9.17, 15) is 13.2 Å². The maximum atomic E-state index is 12.3. The standard InChI is InChI=1S/C17H25NO4S/c1-13-7-14(2)10-18(9-13)17(19)12-23(20,21)11-15-5-4-6-16(8-15)22-3/h4-6,8,13-14H,7,9-12H2,1-3H3/t13-,14-/m1/s1. The van der Waals surface area contributed by atoms with Crippen LogP contribution in [0.2, 0.25) is 0 Å². The van der Waals surface area contributed by atoms with Crippen LogP contribution in [0.3, 0.4) is 0 Å². The number of hydrogen-bond acceptors (Lipinski definition) is 4. The molecule has 2 atom stereocenters. The van der Waals surface area contributed by atoms with Gasteiger partial charge in [-0.2, -0.15) is 0 Å². The van der Waals surface area contributed by atoms with Gasteiger partial charge in [0.15, 0.2) is 9.84 Å². The molecule has 1 aromatic rings. The molecule has 23 heavy (non-hydrogen) atoms. The van der Waals surface area contributed by atoms with Crippen molar-refractivity contribution in [2.45, 2.75) is 26.0 Å². The fourth-order valence-corrected chi connectivity index (χ4v) is 4.56. The number of ether oxygens (including phenoxy) is 1. The van der Waals surface area contributed by atoms with Gasteiger partial charge in [-0.3, -0.25) is 4.79 Å². The molecule has 1 aliphatic heterocycles. The molecule has 0 bridgehead atoms. The van der Waals surface area contributed by atoms with Crippen molar-refractivity contribution in [3.63, 3.8) is 0 Å². The number of carbonyl (C=O) groups is 1. The van der Waals surface area contributed by atoms with Crippen molar-refractivity contribution in [1.29, 1.82) is 0 Å². The number of amides is 1. The maximum absolute atomic E-state index is 12.3. The Hall–Kier alpha value is -1.56. The summed E-state index contributed by atoms with van der Waals surface area (Å²) in [4.78, 5) is 14.0. The zero-order chi connectivity index (χ0) is 17.0. The van der Waals surface area contributed by atoms with Crippen molar-refractivity contribution in [2.24, 2.45) is 11.8 Å². The molecule has 0 radical (unpaired) electrons. The van der Waals surface area contributed by atoms with Crippen molar-refractivity contribution in [3.05, 3.63) is 29.8 Å². The van der Waals surface area contributed by atoms with Gasteiger partial charge in [0.05, 0.1) is 12.9 Å². The van der Waals surface area contributed by atoms with Gasteiger partial charge < -0.3 is 9.64 Å². The van der Waals surface area contributed by atoms with E-state index >= 15 is 0 Å². The molecule has 1 saturated heterocycles. The Labute approximate surface area is 138 Å². The summed E-state index contributed by atoms with van der Waals surface area (Å²) in [5, 5.41) is 0. The number of hydrogen-bond donors (Lipinski definition) is 0. The summed E-state index contributed by atoms with van der Waals surface area (Å²) in [5.41, 5.74) is 0.637. The highest BCUT2D eigenvalue weighted by Gasteiger charge is 2.28. The average Bonchev–Trinajstić information content (AvgIpc) is 2.45. The van der Waals surface area contributed by atoms with Gasteiger partial charge in [-0.25, -0.2) is 8.42 Å². The molecule has 0 N–H and O–H groups in total. The summed E-state index contributed by atoms with van der Waals surface area (Å²) >= 11 is 0. The molecule has 128 valence electrons. The van der Waals surface area contributed by atoms with Crippen LogP contribution in [-0.2, 0) is 20.4 Å². The fraction of sp³-hybridized carbons (Fsp3) is 0.588. The monoisotopic (exact) mass is 339 g/mol. The van der Waals surface area contributed by atoms with Gasteiger partial charge in [0, 0.05) is 13.1 Å². The summed E-state index contributed by atoms with van der Waals surface area (Å²) in [5.74, 6) is 0.597. The van der Waals surface area contributed by atoms with Crippen LogP contribution < -0.4 is 4.74 Å². The van der Waals surface area contributed by atoms with Gasteiger partial charge in [-0.15, -0.1) is 0 Å². The predicted molar refractivity (Wildman–Crippen MR) is 90.0 cm³/mol. The highest BCUT2D eigenvalue weighted by molar-refractivity contribution is 7.91. The van der Waals surface area contributed by atoms with E-state index in [2.05, 4.69) is 13.8 Å². The minimum absolute atomic E-state index is 0.144. The third-order valence-electron chi connectivity index (χ3n) is 4.09. The first-order valence-corrected chi connectivity index (χ1v) is 9.72. The van der Waals surface area contributed by atoms with E-state index in [-0.39, 0.29) is 11.7 Å². The van der Waals surface area contributed by atoms with Gasteiger partial charge in [0.1, 0.15) is 11.5 Å². The van der Waals surface area contributed by atoms with Crippen LogP contribution in [-0.4, -0.2) is 45.2 Å². The molecule has 0 aliphatic carbocycles. The van der Waals surface area contributed by atoms with Crippen molar-refractivity contribution in [2.75, 3.05) is 26.0 Å². The van der Waals surface area contributed by atoms with Crippen molar-refractivity contribution >= 4 is 15.7 Å². The molecule has 1 amide bonds. The number of nitrogens with zero attached hydrogens (tertiary/aromatic N) is 1. The smallest absolute Gasteiger partial charge is 0.237 e. The Kier molecular flexibility index (Phi) is 5.68. The lowest BCUT2D eigenvalue weighted by molar-refractivity contribution is -0.131. The number of benzene rings is 1. The minimum Gasteiger partial charge on any atom is -0.497 e. The first-order chi connectivity index (χ1) is 10.8. The molecule has 6 heteroatoms. The quantitative estimate of drug-likeness (QED) is 0.824. The van der Waals surface area contributed by atoms with Crippen LogP contribution in [0.1, 0.15) is 25.8 Å². The van der Waals surface area contributed by atoms with E-state index < -0.39 is 15.6 Å². The fourth-order valence-electron chi connectivity index (χ4n) is 3.21. The van der Waals surface area contributed by atoms with E-state index in [0.717, 1.165) is 6.42 Å². The molecule has 0 saturated carbocycles. The van der Waals surface area contributed by atoms with Crippen LogP contribution in [0.5, 0.6) is 5.75 Å². The molecule has 5 nitrogen and oxygen atoms in total. The van der Waals surface area contributed by atoms with E-state index in [1.54, 1.807) is 29.2 Å². The minimum atomic E-state index is -3.49. The SMILES string of the molecule is COc1cccc(CS(=O)(=O)CC(=O)N2C[C@H](C)C[C@@H](C)C2)c1. The number of sulfone groups is 1. The summed E-state index contributed by atoms with van der Waals surface area (Å²) < 4.78 is 29.8. The van der Waals surface area contributed by atoms with Crippen molar-refractivity contribution < 1.29 is 17.9 Å².